The van der Waals surface area contributed by atoms with Gasteiger partial charge in [0.1, 0.15) is 0 Å². The predicted molar refractivity (Wildman–Crippen MR) is 474 cm³/mol. The molecule has 3 heteroatoms. The first-order chi connectivity index (χ1) is 39.0. The third-order valence-electron chi connectivity index (χ3n) is 14.2. The zero-order valence-corrected chi connectivity index (χ0v) is 70.0. The van der Waals surface area contributed by atoms with Crippen LogP contribution in [0.5, 0.6) is 0 Å². The van der Waals surface area contributed by atoms with Gasteiger partial charge < -0.3 is 0 Å². The highest BCUT2D eigenvalue weighted by Gasteiger charge is 2.29. The molecule has 0 heterocycles. The second-order valence-corrected chi connectivity index (χ2v) is 40.3. The summed E-state index contributed by atoms with van der Waals surface area (Å²) in [5.74, 6) is 4.77. The lowest BCUT2D eigenvalue weighted by Crippen LogP contribution is -2.18. The fourth-order valence-electron chi connectivity index (χ4n) is 6.45. The van der Waals surface area contributed by atoms with Gasteiger partial charge in [-0.2, -0.15) is 13.2 Å². The molecule has 612 valence electrons. The smallest absolute Gasteiger partial charge is 0.171 e. The van der Waals surface area contributed by atoms with Crippen molar-refractivity contribution in [2.45, 2.75) is 491 Å². The number of hydrogen-bond donors (Lipinski definition) is 0. The molecule has 2 aliphatic rings. The van der Waals surface area contributed by atoms with Gasteiger partial charge >= 0.3 is 6.18 Å². The molecule has 1 aromatic carbocycles. The van der Waals surface area contributed by atoms with E-state index in [2.05, 4.69) is 313 Å². The molecule has 0 nitrogen and oxygen atoms in total. The maximum absolute atomic E-state index is 11.6. The number of rotatable bonds is 6. The Balaban J connectivity index is -0.0000000444. The first kappa shape index (κ1) is 143. The Morgan fingerprint density at radius 3 is 0.653 bits per heavy atom. The van der Waals surface area contributed by atoms with Crippen molar-refractivity contribution in [3.05, 3.63) is 48.6 Å². The number of hydrogen-bond acceptors (Lipinski definition) is 0. The van der Waals surface area contributed by atoms with E-state index in [1.54, 1.807) is 20.8 Å². The van der Waals surface area contributed by atoms with Gasteiger partial charge in [-0.15, -0.1) is 18.9 Å². The maximum Gasteiger partial charge on any atom is 0.389 e. The molecule has 0 atom stereocenters. The van der Waals surface area contributed by atoms with E-state index in [0.29, 0.717) is 59.6 Å². The van der Waals surface area contributed by atoms with E-state index in [4.69, 9.17) is 6.42 Å². The molecule has 1 aromatic rings. The summed E-state index contributed by atoms with van der Waals surface area (Å²) in [6.07, 6.45) is 25.3. The van der Waals surface area contributed by atoms with Crippen LogP contribution in [-0.2, 0) is 5.41 Å². The summed E-state index contributed by atoms with van der Waals surface area (Å²) in [5, 5.41) is 0. The van der Waals surface area contributed by atoms with Crippen molar-refractivity contribution in [2.24, 2.45) is 71.4 Å². The van der Waals surface area contributed by atoms with Crippen LogP contribution >= 0.6 is 0 Å². The lowest BCUT2D eigenvalue weighted by Gasteiger charge is -2.31. The summed E-state index contributed by atoms with van der Waals surface area (Å²) in [7, 11) is 0. The van der Waals surface area contributed by atoms with Crippen molar-refractivity contribution < 1.29 is 13.2 Å². The number of allylic oxidation sites excluding steroid dienone is 1. The molecule has 0 amide bonds. The first-order valence-corrected chi connectivity index (χ1v) is 36.1. The normalized spacial score (nSPS) is 12.5. The van der Waals surface area contributed by atoms with E-state index in [-0.39, 0.29) is 78.7 Å². The van der Waals surface area contributed by atoms with Gasteiger partial charge in [0.15, 0.2) is 0 Å². The van der Waals surface area contributed by atoms with Gasteiger partial charge in [0.2, 0.25) is 0 Å². The molecular formula is C95H211F3. The Morgan fingerprint density at radius 2 is 0.602 bits per heavy atom. The van der Waals surface area contributed by atoms with Crippen LogP contribution < -0.4 is 0 Å². The minimum Gasteiger partial charge on any atom is -0.171 e. The average molecular weight is 1410 g/mol. The Kier molecular flexibility index (Phi) is 99.6. The molecular weight excluding hydrogens is 1200 g/mol. The van der Waals surface area contributed by atoms with Gasteiger partial charge in [0.25, 0.3) is 0 Å². The van der Waals surface area contributed by atoms with Crippen LogP contribution in [0.4, 0.5) is 13.2 Å². The summed E-state index contributed by atoms with van der Waals surface area (Å²) in [6.45, 7) is 96.6. The second-order valence-electron chi connectivity index (χ2n) is 40.3. The zero-order valence-electron chi connectivity index (χ0n) is 70.0. The van der Waals surface area contributed by atoms with E-state index >= 15 is 0 Å². The monoisotopic (exact) mass is 1410 g/mol. The van der Waals surface area contributed by atoms with Gasteiger partial charge in [-0.1, -0.05) is 465 Å². The second kappa shape index (κ2) is 68.4. The van der Waals surface area contributed by atoms with Crippen LogP contribution in [-0.4, -0.2) is 6.18 Å². The topological polar surface area (TPSA) is 0 Å². The Labute approximate surface area is 633 Å². The molecule has 98 heavy (non-hydrogen) atoms. The Bertz CT molecular complexity index is 1600. The van der Waals surface area contributed by atoms with Crippen LogP contribution in [0.1, 0.15) is 485 Å². The zero-order chi connectivity index (χ0) is 73.6. The summed E-state index contributed by atoms with van der Waals surface area (Å²) < 4.78 is 34.8. The third kappa shape index (κ3) is 187. The predicted octanol–water partition coefficient (Wildman–Crippen LogP) is 38.2. The Hall–Kier alpha value is -1.69. The van der Waals surface area contributed by atoms with Gasteiger partial charge in [0, 0.05) is 12.8 Å². The SMILES string of the molecule is C.C.C.C.C.C.C.C.C.C#CCC(C)(C)C.C=CCC(C)(C)C.CC(C)(C)CC1CC1.CC(C)(C)CC1CCC1.CC(C)(C)CCC(F)(F)F.CC(C)(C)c1ccccc1.CCC(C)(C)C.CCC(C)(C)C.CCC(C)(C)C.CCC(C)(C)C.CCCC(C)(C)C.CCCC(C)(C)C. The lowest BCUT2D eigenvalue weighted by molar-refractivity contribution is -0.139. The highest BCUT2D eigenvalue weighted by atomic mass is 19.4. The molecule has 2 aliphatic carbocycles. The highest BCUT2D eigenvalue weighted by Crippen LogP contribution is 2.40. The fourth-order valence-corrected chi connectivity index (χ4v) is 6.45. The lowest BCUT2D eigenvalue weighted by atomic mass is 9.74. The standard InChI is InChI=1S/C10H14.C9H18.C8H16.C7H13F3.2C7H16.C7H14.C7H12.4C6H14.9CH4/c1-10(2,3)9-7-5-4-6-8-9;1-9(2,3)7-8-5-4-6-8;1-8(2,3)6-7-4-5-7;1-6(2,3)4-5-7(8,9)10;4*1-5-6-7(2,3)4;4*1-5-6(2,3)4;;;;;;;;;/h4-8H,1-3H3;8H,4-7H2,1-3H3;7H,4-6H2,1-3H3;4-5H2,1-3H3;2*5-6H2,1-4H3;5H,1,6H2,2-4H3;1H,6H2,2-4H3;4*5H2,1-4H3;9*1H4. The minimum absolute atomic E-state index is 0. The Morgan fingerprint density at radius 1 is 0.357 bits per heavy atom. The van der Waals surface area contributed by atoms with Gasteiger partial charge in [-0.25, -0.2) is 0 Å². The van der Waals surface area contributed by atoms with Crippen LogP contribution in [0, 0.1) is 83.7 Å². The van der Waals surface area contributed by atoms with E-state index in [9.17, 15) is 13.2 Å². The fraction of sp³-hybridized carbons (Fsp3) is 0.895. The van der Waals surface area contributed by atoms with Gasteiger partial charge in [-0.05, 0) is 121 Å². The summed E-state index contributed by atoms with van der Waals surface area (Å²) in [4.78, 5) is 0. The van der Waals surface area contributed by atoms with Crippen LogP contribution in [0.3, 0.4) is 0 Å². The molecule has 0 aliphatic heterocycles. The highest BCUT2D eigenvalue weighted by molar-refractivity contribution is 5.22. The first-order valence-electron chi connectivity index (χ1n) is 36.1. The molecule has 3 rings (SSSR count). The molecule has 0 radical (unpaired) electrons. The molecule has 2 saturated carbocycles. The molecule has 2 fully saturated rings. The van der Waals surface area contributed by atoms with Crippen molar-refractivity contribution in [1.29, 1.82) is 0 Å². The minimum atomic E-state index is -3.99. The molecule has 0 saturated heterocycles. The van der Waals surface area contributed by atoms with Crippen molar-refractivity contribution >= 4 is 0 Å². The van der Waals surface area contributed by atoms with E-state index in [1.807, 2.05) is 6.08 Å². The maximum atomic E-state index is 11.6. The summed E-state index contributed by atoms with van der Waals surface area (Å²) in [5.41, 5.74) is 6.65. The number of benzene rings is 1. The van der Waals surface area contributed by atoms with E-state index in [1.165, 1.54) is 102 Å². The average Bonchev–Trinajstić information content (AvgIpc) is 4.09. The molecule has 0 unspecified atom stereocenters. The molecule has 0 aromatic heterocycles. The van der Waals surface area contributed by atoms with Crippen molar-refractivity contribution in [3.8, 4) is 12.3 Å². The molecule has 0 N–H and O–H groups in total. The van der Waals surface area contributed by atoms with Gasteiger partial charge in [0.05, 0.1) is 0 Å². The van der Waals surface area contributed by atoms with Crippen molar-refractivity contribution in [2.75, 3.05) is 0 Å². The summed E-state index contributed by atoms with van der Waals surface area (Å²) in [6, 6.07) is 10.6. The van der Waals surface area contributed by atoms with Crippen LogP contribution in [0.25, 0.3) is 0 Å². The van der Waals surface area contributed by atoms with Crippen LogP contribution in [0.2, 0.25) is 0 Å². The van der Waals surface area contributed by atoms with Gasteiger partial charge in [-0.3, -0.25) is 0 Å². The molecule has 0 bridgehead atoms. The van der Waals surface area contributed by atoms with Crippen molar-refractivity contribution in [1.82, 2.24) is 0 Å². The number of halogens is 3. The van der Waals surface area contributed by atoms with E-state index < -0.39 is 12.6 Å². The number of alkyl halides is 3. The van der Waals surface area contributed by atoms with Crippen LogP contribution in [0.15, 0.2) is 43.0 Å². The quantitative estimate of drug-likeness (QED) is 0.197. The number of terminal acetylenes is 1. The molecule has 0 spiro atoms. The largest absolute Gasteiger partial charge is 0.389 e. The van der Waals surface area contributed by atoms with Crippen molar-refractivity contribution in [3.63, 3.8) is 0 Å². The summed E-state index contributed by atoms with van der Waals surface area (Å²) >= 11 is 0. The third-order valence-corrected chi connectivity index (χ3v) is 14.2. The van der Waals surface area contributed by atoms with E-state index in [0.717, 1.165) is 24.7 Å².